The van der Waals surface area contributed by atoms with E-state index in [-0.39, 0.29) is 10.9 Å². The number of hydrogen-bond donors (Lipinski definition) is 1. The topological polar surface area (TPSA) is 46.5 Å². The molecule has 3 nitrogen and oxygen atoms in total. The van der Waals surface area contributed by atoms with Crippen molar-refractivity contribution in [3.63, 3.8) is 0 Å². The van der Waals surface area contributed by atoms with Gasteiger partial charge in [0.05, 0.1) is 0 Å². The van der Waals surface area contributed by atoms with Crippen LogP contribution < -0.4 is 4.74 Å². The zero-order chi connectivity index (χ0) is 9.84. The van der Waals surface area contributed by atoms with Gasteiger partial charge in [0, 0.05) is 10.9 Å². The summed E-state index contributed by atoms with van der Waals surface area (Å²) in [5.41, 5.74) is 0. The molecular formula is C8H9FO3S. The van der Waals surface area contributed by atoms with E-state index in [0.717, 1.165) is 23.8 Å². The fourth-order valence-corrected chi connectivity index (χ4v) is 1.90. The molecule has 1 heterocycles. The maximum atomic E-state index is 13.0. The zero-order valence-corrected chi connectivity index (χ0v) is 7.86. The third kappa shape index (κ3) is 2.69. The summed E-state index contributed by atoms with van der Waals surface area (Å²) in [7, 11) is 0. The Morgan fingerprint density at radius 2 is 2.46 bits per heavy atom. The molecule has 0 saturated carbocycles. The minimum Gasteiger partial charge on any atom is -0.449 e. The Hall–Kier alpha value is -1.10. The molecule has 1 aromatic heterocycles. The second kappa shape index (κ2) is 4.23. The molecule has 0 atom stereocenters. The van der Waals surface area contributed by atoms with Crippen LogP contribution in [-0.4, -0.2) is 11.3 Å². The molecule has 5 heteroatoms. The van der Waals surface area contributed by atoms with Gasteiger partial charge in [-0.3, -0.25) is 0 Å². The normalized spacial score (nSPS) is 10.0. The molecule has 0 amide bonds. The van der Waals surface area contributed by atoms with Gasteiger partial charge in [-0.15, -0.1) is 11.3 Å². The smallest absolute Gasteiger partial charge is 0.449 e. The molecule has 1 N–H and O–H groups in total. The Bertz CT molecular complexity index is 308. The number of aryl methyl sites for hydroxylation is 1. The highest BCUT2D eigenvalue weighted by Gasteiger charge is 2.11. The van der Waals surface area contributed by atoms with E-state index in [9.17, 15) is 9.18 Å². The van der Waals surface area contributed by atoms with Gasteiger partial charge < -0.3 is 9.84 Å². The van der Waals surface area contributed by atoms with Crippen LogP contribution in [-0.2, 0) is 6.42 Å². The second-order valence-corrected chi connectivity index (χ2v) is 3.55. The Morgan fingerprint density at radius 1 is 1.77 bits per heavy atom. The first-order valence-electron chi connectivity index (χ1n) is 3.82. The van der Waals surface area contributed by atoms with Crippen LogP contribution in [0.2, 0.25) is 0 Å². The molecule has 0 radical (unpaired) electrons. The maximum Gasteiger partial charge on any atom is 0.512 e. The van der Waals surface area contributed by atoms with Gasteiger partial charge in [0.15, 0.2) is 5.06 Å². The number of carbonyl (C=O) groups is 1. The lowest BCUT2D eigenvalue weighted by atomic mass is 10.3. The molecule has 0 aliphatic rings. The van der Waals surface area contributed by atoms with E-state index in [1.54, 1.807) is 0 Å². The Kier molecular flexibility index (Phi) is 3.25. The van der Waals surface area contributed by atoms with Crippen LogP contribution in [0, 0.1) is 5.82 Å². The van der Waals surface area contributed by atoms with Gasteiger partial charge in [-0.1, -0.05) is 13.3 Å². The highest BCUT2D eigenvalue weighted by Crippen LogP contribution is 2.29. The van der Waals surface area contributed by atoms with Crippen molar-refractivity contribution >= 4 is 17.5 Å². The molecule has 13 heavy (non-hydrogen) atoms. The van der Waals surface area contributed by atoms with Crippen LogP contribution in [0.1, 0.15) is 18.2 Å². The third-order valence-electron chi connectivity index (χ3n) is 1.40. The molecule has 0 aromatic carbocycles. The molecule has 0 saturated heterocycles. The molecule has 1 rings (SSSR count). The van der Waals surface area contributed by atoms with E-state index in [2.05, 4.69) is 4.74 Å². The summed E-state index contributed by atoms with van der Waals surface area (Å²) in [6, 6.07) is 1.10. The maximum absolute atomic E-state index is 13.0. The van der Waals surface area contributed by atoms with E-state index in [0.29, 0.717) is 11.3 Å². The van der Waals surface area contributed by atoms with Gasteiger partial charge >= 0.3 is 6.16 Å². The summed E-state index contributed by atoms with van der Waals surface area (Å²) in [5.74, 6) is -0.386. The number of rotatable bonds is 3. The van der Waals surface area contributed by atoms with Crippen LogP contribution >= 0.6 is 11.3 Å². The minimum atomic E-state index is -1.41. The largest absolute Gasteiger partial charge is 0.512 e. The Labute approximate surface area is 78.8 Å². The SMILES string of the molecule is CCCc1sc(OC(=O)O)cc1F. The van der Waals surface area contributed by atoms with Crippen LogP contribution in [0.4, 0.5) is 9.18 Å². The van der Waals surface area contributed by atoms with Gasteiger partial charge in [-0.05, 0) is 6.42 Å². The van der Waals surface area contributed by atoms with Gasteiger partial charge in [0.1, 0.15) is 5.82 Å². The number of thiophene rings is 1. The molecule has 72 valence electrons. The van der Waals surface area contributed by atoms with Crippen LogP contribution in [0.25, 0.3) is 0 Å². The Morgan fingerprint density at radius 3 is 3.00 bits per heavy atom. The lowest BCUT2D eigenvalue weighted by molar-refractivity contribution is 0.146. The third-order valence-corrected chi connectivity index (χ3v) is 2.45. The highest BCUT2D eigenvalue weighted by molar-refractivity contribution is 7.13. The van der Waals surface area contributed by atoms with Crippen molar-refractivity contribution in [2.45, 2.75) is 19.8 Å². The summed E-state index contributed by atoms with van der Waals surface area (Å²) in [6.07, 6.45) is 0.0213. The molecule has 1 aromatic rings. The molecular weight excluding hydrogens is 195 g/mol. The lowest BCUT2D eigenvalue weighted by Gasteiger charge is -1.92. The van der Waals surface area contributed by atoms with E-state index >= 15 is 0 Å². The summed E-state index contributed by atoms with van der Waals surface area (Å²) in [6.45, 7) is 1.93. The predicted molar refractivity (Wildman–Crippen MR) is 46.9 cm³/mol. The van der Waals surface area contributed by atoms with E-state index in [1.165, 1.54) is 0 Å². The second-order valence-electron chi connectivity index (χ2n) is 2.45. The first-order chi connectivity index (χ1) is 6.13. The number of carboxylic acid groups (broad SMARTS) is 1. The van der Waals surface area contributed by atoms with E-state index < -0.39 is 6.16 Å². The van der Waals surface area contributed by atoms with Crippen molar-refractivity contribution in [1.29, 1.82) is 0 Å². The van der Waals surface area contributed by atoms with Crippen molar-refractivity contribution in [2.24, 2.45) is 0 Å². The first-order valence-corrected chi connectivity index (χ1v) is 4.64. The summed E-state index contributed by atoms with van der Waals surface area (Å²) in [4.78, 5) is 10.6. The minimum absolute atomic E-state index is 0.0912. The molecule has 0 aliphatic carbocycles. The quantitative estimate of drug-likeness (QED) is 0.770. The average Bonchev–Trinajstić information content (AvgIpc) is 2.31. The highest BCUT2D eigenvalue weighted by atomic mass is 32.1. The van der Waals surface area contributed by atoms with Crippen molar-refractivity contribution in [2.75, 3.05) is 0 Å². The zero-order valence-electron chi connectivity index (χ0n) is 7.04. The van der Waals surface area contributed by atoms with Crippen LogP contribution in [0.3, 0.4) is 0 Å². The fraction of sp³-hybridized carbons (Fsp3) is 0.375. The Balaban J connectivity index is 2.76. The van der Waals surface area contributed by atoms with Gasteiger partial charge in [0.2, 0.25) is 0 Å². The number of hydrogen-bond acceptors (Lipinski definition) is 3. The standard InChI is InChI=1S/C8H9FO3S/c1-2-3-6-5(9)4-7(13-6)12-8(10)11/h4H,2-3H2,1H3,(H,10,11). The van der Waals surface area contributed by atoms with Crippen molar-refractivity contribution < 1.29 is 19.0 Å². The van der Waals surface area contributed by atoms with Crippen molar-refractivity contribution in [1.82, 2.24) is 0 Å². The van der Waals surface area contributed by atoms with Crippen LogP contribution in [0.15, 0.2) is 6.07 Å². The van der Waals surface area contributed by atoms with Gasteiger partial charge in [0.25, 0.3) is 0 Å². The molecule has 0 aliphatic heterocycles. The average molecular weight is 204 g/mol. The number of halogens is 1. The first kappa shape index (κ1) is 9.98. The summed E-state index contributed by atoms with van der Waals surface area (Å²) in [5, 5.41) is 8.35. The van der Waals surface area contributed by atoms with Gasteiger partial charge in [-0.25, -0.2) is 9.18 Å². The summed E-state index contributed by atoms with van der Waals surface area (Å²) >= 11 is 1.03. The number of ether oxygens (including phenoxy) is 1. The molecule has 0 bridgehead atoms. The summed E-state index contributed by atoms with van der Waals surface area (Å²) < 4.78 is 17.3. The van der Waals surface area contributed by atoms with E-state index in [4.69, 9.17) is 5.11 Å². The van der Waals surface area contributed by atoms with Crippen LogP contribution in [0.5, 0.6) is 5.06 Å². The van der Waals surface area contributed by atoms with Gasteiger partial charge in [-0.2, -0.15) is 0 Å². The lowest BCUT2D eigenvalue weighted by Crippen LogP contribution is -2.00. The monoisotopic (exact) mass is 204 g/mol. The van der Waals surface area contributed by atoms with Crippen molar-refractivity contribution in [3.8, 4) is 5.06 Å². The van der Waals surface area contributed by atoms with E-state index in [1.807, 2.05) is 6.92 Å². The predicted octanol–water partition coefficient (Wildman–Crippen LogP) is 2.90. The molecule has 0 fully saturated rings. The fourth-order valence-electron chi connectivity index (χ4n) is 0.917. The van der Waals surface area contributed by atoms with Crippen molar-refractivity contribution in [3.05, 3.63) is 16.8 Å². The molecule has 0 spiro atoms. The molecule has 0 unspecified atom stereocenters.